The molecule has 0 spiro atoms. The standard InChI is InChI=1S/C35H28N2O5S/c1-20-11-13-27-29(15-20)43-35(36-27)37-31(23-9-6-10-26(18-23)41-19-22-7-4-3-5-8-22)30(33(39)34(37)40)32(38)24-12-14-28-25(17-24)16-21(2)42-28/h3-15,17-18,21,31,38H,16,19H2,1-2H3/b32-30-. The second-order valence-electron chi connectivity index (χ2n) is 10.9. The fourth-order valence-corrected chi connectivity index (χ4v) is 6.80. The van der Waals surface area contributed by atoms with Crippen molar-refractivity contribution in [3.8, 4) is 11.5 Å². The van der Waals surface area contributed by atoms with Crippen molar-refractivity contribution in [2.75, 3.05) is 4.90 Å². The average molecular weight is 589 g/mol. The van der Waals surface area contributed by atoms with Gasteiger partial charge in [-0.2, -0.15) is 0 Å². The zero-order valence-electron chi connectivity index (χ0n) is 23.6. The highest BCUT2D eigenvalue weighted by molar-refractivity contribution is 7.22. The van der Waals surface area contributed by atoms with E-state index in [2.05, 4.69) is 0 Å². The number of Topliss-reactive ketones (excluding diaryl/α,β-unsaturated/α-hetero) is 1. The lowest BCUT2D eigenvalue weighted by molar-refractivity contribution is -0.132. The number of aromatic nitrogens is 1. The Hall–Kier alpha value is -4.95. The van der Waals surface area contributed by atoms with Gasteiger partial charge in [-0.1, -0.05) is 59.9 Å². The van der Waals surface area contributed by atoms with Crippen molar-refractivity contribution in [2.45, 2.75) is 39.0 Å². The van der Waals surface area contributed by atoms with Gasteiger partial charge in [-0.3, -0.25) is 14.5 Å². The third kappa shape index (κ3) is 4.93. The number of thiazole rings is 1. The molecule has 43 heavy (non-hydrogen) atoms. The molecule has 1 fully saturated rings. The molecule has 5 aromatic rings. The molecule has 1 N–H and O–H groups in total. The Bertz CT molecular complexity index is 1930. The molecular weight excluding hydrogens is 560 g/mol. The minimum atomic E-state index is -0.912. The molecule has 7 nitrogen and oxygen atoms in total. The van der Waals surface area contributed by atoms with E-state index in [1.165, 1.54) is 16.2 Å². The Morgan fingerprint density at radius 1 is 1.02 bits per heavy atom. The third-order valence-corrected chi connectivity index (χ3v) is 8.79. The lowest BCUT2D eigenvalue weighted by Gasteiger charge is -2.23. The van der Waals surface area contributed by atoms with Gasteiger partial charge in [0.1, 0.15) is 30.0 Å². The van der Waals surface area contributed by atoms with Gasteiger partial charge in [0, 0.05) is 12.0 Å². The molecule has 1 aromatic heterocycles. The van der Waals surface area contributed by atoms with Crippen LogP contribution in [0.5, 0.6) is 11.5 Å². The molecule has 0 bridgehead atoms. The lowest BCUT2D eigenvalue weighted by atomic mass is 9.94. The van der Waals surface area contributed by atoms with E-state index in [-0.39, 0.29) is 17.4 Å². The normalized spacial score (nSPS) is 19.1. The fourth-order valence-electron chi connectivity index (χ4n) is 5.71. The van der Waals surface area contributed by atoms with Crippen LogP contribution in [0.15, 0.2) is 96.6 Å². The number of carbonyl (C=O) groups excluding carboxylic acids is 2. The van der Waals surface area contributed by atoms with Crippen molar-refractivity contribution in [3.05, 3.63) is 124 Å². The molecule has 1 saturated heterocycles. The van der Waals surface area contributed by atoms with Gasteiger partial charge < -0.3 is 14.6 Å². The van der Waals surface area contributed by atoms with Crippen LogP contribution in [0.25, 0.3) is 16.0 Å². The van der Waals surface area contributed by atoms with Crippen LogP contribution < -0.4 is 14.4 Å². The number of hydrogen-bond acceptors (Lipinski definition) is 7. The van der Waals surface area contributed by atoms with Gasteiger partial charge in [0.05, 0.1) is 21.8 Å². The second-order valence-corrected chi connectivity index (χ2v) is 11.9. The summed E-state index contributed by atoms with van der Waals surface area (Å²) >= 11 is 1.34. The topological polar surface area (TPSA) is 89.0 Å². The Morgan fingerprint density at radius 3 is 2.70 bits per heavy atom. The highest BCUT2D eigenvalue weighted by atomic mass is 32.1. The van der Waals surface area contributed by atoms with Crippen LogP contribution in [0.4, 0.5) is 5.13 Å². The minimum Gasteiger partial charge on any atom is -0.507 e. The predicted molar refractivity (Wildman–Crippen MR) is 167 cm³/mol. The number of rotatable bonds is 6. The van der Waals surface area contributed by atoms with E-state index in [1.807, 2.05) is 92.7 Å². The third-order valence-electron chi connectivity index (χ3n) is 7.77. The van der Waals surface area contributed by atoms with Crippen molar-refractivity contribution in [3.63, 3.8) is 0 Å². The maximum Gasteiger partial charge on any atom is 0.301 e. The van der Waals surface area contributed by atoms with Crippen molar-refractivity contribution in [2.24, 2.45) is 0 Å². The van der Waals surface area contributed by atoms with E-state index in [0.29, 0.717) is 35.0 Å². The number of aliphatic hydroxyl groups is 1. The summed E-state index contributed by atoms with van der Waals surface area (Å²) in [4.78, 5) is 33.6. The number of anilines is 1. The minimum absolute atomic E-state index is 0.00700. The molecule has 3 heterocycles. The summed E-state index contributed by atoms with van der Waals surface area (Å²) in [5.41, 5.74) is 4.85. The van der Waals surface area contributed by atoms with E-state index in [1.54, 1.807) is 12.1 Å². The molecule has 1 amide bonds. The predicted octanol–water partition coefficient (Wildman–Crippen LogP) is 7.13. The zero-order valence-corrected chi connectivity index (χ0v) is 24.4. The van der Waals surface area contributed by atoms with Gasteiger partial charge in [0.25, 0.3) is 5.78 Å². The van der Waals surface area contributed by atoms with Crippen LogP contribution in [-0.2, 0) is 22.6 Å². The van der Waals surface area contributed by atoms with Crippen LogP contribution in [0.2, 0.25) is 0 Å². The van der Waals surface area contributed by atoms with Gasteiger partial charge in [0.2, 0.25) is 0 Å². The van der Waals surface area contributed by atoms with Gasteiger partial charge in [-0.15, -0.1) is 0 Å². The highest BCUT2D eigenvalue weighted by Crippen LogP contribution is 2.45. The molecule has 4 aromatic carbocycles. The fraction of sp³-hybridized carbons (Fsp3) is 0.171. The number of carbonyl (C=O) groups is 2. The molecule has 7 rings (SSSR count). The van der Waals surface area contributed by atoms with E-state index in [0.717, 1.165) is 32.7 Å². The molecule has 0 radical (unpaired) electrons. The van der Waals surface area contributed by atoms with Crippen molar-refractivity contribution < 1.29 is 24.2 Å². The van der Waals surface area contributed by atoms with E-state index >= 15 is 0 Å². The van der Waals surface area contributed by atoms with Crippen LogP contribution in [0.3, 0.4) is 0 Å². The van der Waals surface area contributed by atoms with Crippen LogP contribution in [0.1, 0.15) is 40.8 Å². The Kier molecular flexibility index (Phi) is 6.70. The quantitative estimate of drug-likeness (QED) is 0.129. The summed E-state index contributed by atoms with van der Waals surface area (Å²) in [6.45, 7) is 4.34. The molecule has 2 unspecified atom stereocenters. The monoisotopic (exact) mass is 588 g/mol. The SMILES string of the molecule is Cc1ccc2nc(N3C(=O)C(=O)/C(=C(\O)c4ccc5c(c4)CC(C)O5)C3c3cccc(OCc4ccccc4)c3)sc2c1. The first-order valence-corrected chi connectivity index (χ1v) is 14.9. The number of nitrogens with zero attached hydrogens (tertiary/aromatic N) is 2. The first kappa shape index (κ1) is 26.9. The molecule has 2 aliphatic rings. The Balaban J connectivity index is 1.35. The van der Waals surface area contributed by atoms with E-state index < -0.39 is 17.7 Å². The molecule has 214 valence electrons. The molecule has 0 aliphatic carbocycles. The number of amides is 1. The maximum atomic E-state index is 13.8. The first-order valence-electron chi connectivity index (χ1n) is 14.1. The summed E-state index contributed by atoms with van der Waals surface area (Å²) in [6, 6.07) is 27.4. The van der Waals surface area contributed by atoms with E-state index in [9.17, 15) is 14.7 Å². The summed E-state index contributed by atoms with van der Waals surface area (Å²) in [6.07, 6.45) is 0.722. The van der Waals surface area contributed by atoms with Crippen LogP contribution in [0, 0.1) is 6.92 Å². The molecule has 0 saturated carbocycles. The maximum absolute atomic E-state index is 13.8. The summed E-state index contributed by atoms with van der Waals surface area (Å²) in [7, 11) is 0. The van der Waals surface area contributed by atoms with Crippen molar-refractivity contribution in [1.82, 2.24) is 4.98 Å². The van der Waals surface area contributed by atoms with Gasteiger partial charge >= 0.3 is 5.91 Å². The number of aryl methyl sites for hydroxylation is 1. The average Bonchev–Trinajstić information content (AvgIpc) is 3.68. The summed E-state index contributed by atoms with van der Waals surface area (Å²) < 4.78 is 12.8. The number of ether oxygens (including phenoxy) is 2. The lowest BCUT2D eigenvalue weighted by Crippen LogP contribution is -2.29. The molecular formula is C35H28N2O5S. The largest absolute Gasteiger partial charge is 0.507 e. The number of aliphatic hydroxyl groups excluding tert-OH is 1. The number of fused-ring (bicyclic) bond motifs is 2. The zero-order chi connectivity index (χ0) is 29.7. The first-order chi connectivity index (χ1) is 20.9. The molecule has 2 aliphatic heterocycles. The Morgan fingerprint density at radius 2 is 1.86 bits per heavy atom. The van der Waals surface area contributed by atoms with Gasteiger partial charge in [0.15, 0.2) is 5.13 Å². The number of ketones is 1. The van der Waals surface area contributed by atoms with Gasteiger partial charge in [-0.05, 0) is 78.6 Å². The summed E-state index contributed by atoms with van der Waals surface area (Å²) in [5.74, 6) is -0.403. The molecule has 2 atom stereocenters. The number of benzene rings is 4. The molecule has 8 heteroatoms. The van der Waals surface area contributed by atoms with Gasteiger partial charge in [-0.25, -0.2) is 4.98 Å². The van der Waals surface area contributed by atoms with E-state index in [4.69, 9.17) is 14.5 Å². The smallest absolute Gasteiger partial charge is 0.301 e. The Labute approximate surface area is 252 Å². The second kappa shape index (κ2) is 10.7. The highest BCUT2D eigenvalue weighted by Gasteiger charge is 2.48. The van der Waals surface area contributed by atoms with Crippen molar-refractivity contribution in [1.29, 1.82) is 0 Å². The summed E-state index contributed by atoms with van der Waals surface area (Å²) in [5, 5.41) is 12.1. The van der Waals surface area contributed by atoms with Crippen LogP contribution >= 0.6 is 11.3 Å². The van der Waals surface area contributed by atoms with Crippen LogP contribution in [-0.4, -0.2) is 27.9 Å². The van der Waals surface area contributed by atoms with Crippen molar-refractivity contribution >= 4 is 44.1 Å². The number of hydrogen-bond donors (Lipinski definition) is 1.